The maximum Gasteiger partial charge on any atom is 0.341 e. The van der Waals surface area contributed by atoms with Gasteiger partial charge in [-0.3, -0.25) is 10.1 Å². The highest BCUT2D eigenvalue weighted by Gasteiger charge is 2.15. The summed E-state index contributed by atoms with van der Waals surface area (Å²) in [6.07, 6.45) is 2.55. The lowest BCUT2D eigenvalue weighted by Crippen LogP contribution is -2.01. The Kier molecular flexibility index (Phi) is 5.67. The summed E-state index contributed by atoms with van der Waals surface area (Å²) in [4.78, 5) is 33.4. The van der Waals surface area contributed by atoms with E-state index >= 15 is 0 Å². The van der Waals surface area contributed by atoms with Crippen LogP contribution in [-0.4, -0.2) is 24.0 Å². The lowest BCUT2D eigenvalue weighted by molar-refractivity contribution is -0.384. The fraction of sp³-hybridized carbons (Fsp3) is 0.176. The third-order valence-corrected chi connectivity index (χ3v) is 3.22. The Morgan fingerprint density at radius 3 is 2.76 bits per heavy atom. The van der Waals surface area contributed by atoms with Crippen molar-refractivity contribution in [2.24, 2.45) is 0 Å². The molecular formula is C17H15NO7. The van der Waals surface area contributed by atoms with Gasteiger partial charge in [-0.1, -0.05) is 12.1 Å². The summed E-state index contributed by atoms with van der Waals surface area (Å²) in [7, 11) is 1.26. The third kappa shape index (κ3) is 4.77. The van der Waals surface area contributed by atoms with Gasteiger partial charge in [0.25, 0.3) is 5.69 Å². The Balaban J connectivity index is 1.96. The van der Waals surface area contributed by atoms with Crippen LogP contribution < -0.4 is 0 Å². The molecule has 0 atom stereocenters. The summed E-state index contributed by atoms with van der Waals surface area (Å²) in [6.45, 7) is 1.44. The van der Waals surface area contributed by atoms with Gasteiger partial charge in [-0.2, -0.15) is 0 Å². The van der Waals surface area contributed by atoms with Crippen LogP contribution in [0.2, 0.25) is 0 Å². The van der Waals surface area contributed by atoms with Crippen molar-refractivity contribution in [1.29, 1.82) is 0 Å². The highest BCUT2D eigenvalue weighted by Crippen LogP contribution is 2.17. The van der Waals surface area contributed by atoms with Gasteiger partial charge in [-0.05, 0) is 24.6 Å². The van der Waals surface area contributed by atoms with Gasteiger partial charge < -0.3 is 13.9 Å². The molecule has 0 saturated heterocycles. The molecule has 0 fully saturated rings. The van der Waals surface area contributed by atoms with Gasteiger partial charge in [0.1, 0.15) is 23.7 Å². The smallest absolute Gasteiger partial charge is 0.341 e. The number of nitro benzene ring substituents is 1. The molecule has 1 aromatic carbocycles. The van der Waals surface area contributed by atoms with Crippen molar-refractivity contribution in [3.8, 4) is 0 Å². The maximum absolute atomic E-state index is 11.7. The lowest BCUT2D eigenvalue weighted by Gasteiger charge is -1.98. The van der Waals surface area contributed by atoms with Crippen molar-refractivity contribution in [2.75, 3.05) is 7.11 Å². The first kappa shape index (κ1) is 17.9. The molecule has 8 nitrogen and oxygen atoms in total. The van der Waals surface area contributed by atoms with Gasteiger partial charge >= 0.3 is 11.9 Å². The molecule has 0 amide bonds. The number of furan rings is 1. The van der Waals surface area contributed by atoms with Crippen LogP contribution in [0.1, 0.15) is 27.4 Å². The highest BCUT2D eigenvalue weighted by atomic mass is 16.6. The number of benzene rings is 1. The molecule has 1 heterocycles. The van der Waals surface area contributed by atoms with E-state index in [1.807, 2.05) is 0 Å². The molecule has 130 valence electrons. The van der Waals surface area contributed by atoms with E-state index in [2.05, 4.69) is 4.74 Å². The number of methoxy groups -OCH3 is 1. The first-order chi connectivity index (χ1) is 11.9. The van der Waals surface area contributed by atoms with E-state index in [4.69, 9.17) is 9.15 Å². The van der Waals surface area contributed by atoms with E-state index in [9.17, 15) is 19.7 Å². The molecule has 2 rings (SSSR count). The SMILES string of the molecule is COC(=O)c1cc(COC(=O)/C=C/c2cccc([N+](=O)[O-])c2)oc1C. The topological polar surface area (TPSA) is 109 Å². The number of rotatable bonds is 6. The summed E-state index contributed by atoms with van der Waals surface area (Å²) < 4.78 is 14.9. The van der Waals surface area contributed by atoms with Gasteiger partial charge in [0.2, 0.25) is 0 Å². The highest BCUT2D eigenvalue weighted by molar-refractivity contribution is 5.90. The number of hydrogen-bond acceptors (Lipinski definition) is 7. The van der Waals surface area contributed by atoms with E-state index in [-0.39, 0.29) is 17.9 Å². The number of carbonyl (C=O) groups is 2. The Morgan fingerprint density at radius 2 is 2.08 bits per heavy atom. The summed E-state index contributed by atoms with van der Waals surface area (Å²) >= 11 is 0. The molecule has 25 heavy (non-hydrogen) atoms. The van der Waals surface area contributed by atoms with Crippen LogP contribution in [-0.2, 0) is 20.9 Å². The third-order valence-electron chi connectivity index (χ3n) is 3.22. The number of nitro groups is 1. The van der Waals surface area contributed by atoms with Gasteiger partial charge in [0.05, 0.1) is 12.0 Å². The van der Waals surface area contributed by atoms with Crippen LogP contribution in [0.25, 0.3) is 6.08 Å². The quantitative estimate of drug-likeness (QED) is 0.342. The molecule has 0 bridgehead atoms. The summed E-state index contributed by atoms with van der Waals surface area (Å²) in [5.74, 6) is -0.524. The van der Waals surface area contributed by atoms with Crippen molar-refractivity contribution < 1.29 is 28.4 Å². The van der Waals surface area contributed by atoms with Gasteiger partial charge in [-0.25, -0.2) is 9.59 Å². The van der Waals surface area contributed by atoms with Gasteiger partial charge in [0, 0.05) is 18.2 Å². The summed E-state index contributed by atoms with van der Waals surface area (Å²) in [5.41, 5.74) is 0.686. The zero-order chi connectivity index (χ0) is 18.4. The molecule has 8 heteroatoms. The van der Waals surface area contributed by atoms with Crippen molar-refractivity contribution in [2.45, 2.75) is 13.5 Å². The number of carbonyl (C=O) groups excluding carboxylic acids is 2. The van der Waals surface area contributed by atoms with Crippen LogP contribution in [0.5, 0.6) is 0 Å². The van der Waals surface area contributed by atoms with E-state index < -0.39 is 16.9 Å². The molecule has 0 aliphatic heterocycles. The van der Waals surface area contributed by atoms with E-state index in [1.165, 1.54) is 37.5 Å². The second-order valence-corrected chi connectivity index (χ2v) is 4.97. The minimum Gasteiger partial charge on any atom is -0.465 e. The number of ether oxygens (including phenoxy) is 2. The molecule has 0 saturated carbocycles. The fourth-order valence-electron chi connectivity index (χ4n) is 2.02. The van der Waals surface area contributed by atoms with Crippen LogP contribution in [0.3, 0.4) is 0 Å². The van der Waals surface area contributed by atoms with Crippen LogP contribution in [0, 0.1) is 17.0 Å². The van der Waals surface area contributed by atoms with Gasteiger partial charge in [-0.15, -0.1) is 0 Å². The average Bonchev–Trinajstić information content (AvgIpc) is 2.98. The minimum absolute atomic E-state index is 0.0723. The molecule has 1 aromatic heterocycles. The molecule has 0 unspecified atom stereocenters. The first-order valence-corrected chi connectivity index (χ1v) is 7.17. The van der Waals surface area contributed by atoms with E-state index in [1.54, 1.807) is 13.0 Å². The summed E-state index contributed by atoms with van der Waals surface area (Å²) in [6, 6.07) is 7.27. The number of aryl methyl sites for hydroxylation is 1. The van der Waals surface area contributed by atoms with E-state index in [0.717, 1.165) is 6.08 Å². The van der Waals surface area contributed by atoms with Crippen molar-refractivity contribution in [3.05, 3.63) is 69.2 Å². The van der Waals surface area contributed by atoms with Crippen molar-refractivity contribution in [1.82, 2.24) is 0 Å². The Labute approximate surface area is 142 Å². The molecule has 0 N–H and O–H groups in total. The molecule has 0 spiro atoms. The lowest BCUT2D eigenvalue weighted by atomic mass is 10.2. The number of nitrogens with zero attached hydrogens (tertiary/aromatic N) is 1. The average molecular weight is 345 g/mol. The zero-order valence-corrected chi connectivity index (χ0v) is 13.6. The predicted octanol–water partition coefficient (Wildman–Crippen LogP) is 3.04. The second-order valence-electron chi connectivity index (χ2n) is 4.97. The molecule has 2 aromatic rings. The van der Waals surface area contributed by atoms with Crippen molar-refractivity contribution in [3.63, 3.8) is 0 Å². The maximum atomic E-state index is 11.7. The molecule has 0 aliphatic rings. The van der Waals surface area contributed by atoms with Crippen LogP contribution in [0.15, 0.2) is 40.8 Å². The minimum atomic E-state index is -0.653. The normalized spacial score (nSPS) is 10.6. The second kappa shape index (κ2) is 7.91. The first-order valence-electron chi connectivity index (χ1n) is 7.17. The Hall–Kier alpha value is -3.42. The molecule has 0 aliphatic carbocycles. The largest absolute Gasteiger partial charge is 0.465 e. The number of esters is 2. The standard InChI is InChI=1S/C17H15NO7/c1-11-15(17(20)23-2)9-14(25-11)10-24-16(19)7-6-12-4-3-5-13(8-12)18(21)22/h3-9H,10H2,1-2H3/b7-6+. The van der Waals surface area contributed by atoms with Crippen LogP contribution in [0.4, 0.5) is 5.69 Å². The predicted molar refractivity (Wildman–Crippen MR) is 86.7 cm³/mol. The van der Waals surface area contributed by atoms with Crippen molar-refractivity contribution >= 4 is 23.7 Å². The monoisotopic (exact) mass is 345 g/mol. The molecule has 0 radical (unpaired) electrons. The summed E-state index contributed by atoms with van der Waals surface area (Å²) in [5, 5.41) is 10.7. The molecular weight excluding hydrogens is 330 g/mol. The Bertz CT molecular complexity index is 835. The van der Waals surface area contributed by atoms with E-state index in [0.29, 0.717) is 17.1 Å². The van der Waals surface area contributed by atoms with Gasteiger partial charge in [0.15, 0.2) is 0 Å². The number of hydrogen-bond donors (Lipinski definition) is 0. The number of non-ortho nitro benzene ring substituents is 1. The van der Waals surface area contributed by atoms with Crippen LogP contribution >= 0.6 is 0 Å². The Morgan fingerprint density at radius 1 is 1.32 bits per heavy atom. The fourth-order valence-corrected chi connectivity index (χ4v) is 2.02. The zero-order valence-electron chi connectivity index (χ0n) is 13.6.